The van der Waals surface area contributed by atoms with E-state index in [2.05, 4.69) is 6.92 Å². The number of nitrogens with zero attached hydrogens (tertiary/aromatic N) is 1. The number of hydrogen-bond donors (Lipinski definition) is 0. The molecule has 1 aliphatic rings. The summed E-state index contributed by atoms with van der Waals surface area (Å²) in [4.78, 5) is 2.05. The van der Waals surface area contributed by atoms with E-state index in [-0.39, 0.29) is 6.52 Å². The molecule has 1 heteroatoms. The topological polar surface area (TPSA) is 3.24 Å². The second-order valence-corrected chi connectivity index (χ2v) is 2.47. The van der Waals surface area contributed by atoms with Crippen molar-refractivity contribution >= 4 is 0 Å². The molecule has 0 amide bonds. The smallest absolute Gasteiger partial charge is 0.0538 e. The van der Waals surface area contributed by atoms with E-state index in [1.165, 1.54) is 12.8 Å². The van der Waals surface area contributed by atoms with E-state index in [9.17, 15) is 0 Å². The van der Waals surface area contributed by atoms with Crippen molar-refractivity contribution in [1.82, 2.24) is 4.90 Å². The molecular weight excluding hydrogens is 122 g/mol. The van der Waals surface area contributed by atoms with Gasteiger partial charge in [0, 0.05) is 13.1 Å². The maximum Gasteiger partial charge on any atom is 0.0538 e. The SMILES string of the molecule is [2H]C1C=CC=CN1CCCC. The van der Waals surface area contributed by atoms with E-state index in [4.69, 9.17) is 1.37 Å². The van der Waals surface area contributed by atoms with Crippen molar-refractivity contribution in [2.24, 2.45) is 0 Å². The summed E-state index contributed by atoms with van der Waals surface area (Å²) in [5.41, 5.74) is 0. The molecule has 0 fully saturated rings. The lowest BCUT2D eigenvalue weighted by Gasteiger charge is -2.19. The van der Waals surface area contributed by atoms with Gasteiger partial charge in [-0.1, -0.05) is 25.5 Å². The predicted octanol–water partition coefficient (Wildman–Crippen LogP) is 2.17. The van der Waals surface area contributed by atoms with E-state index in [0.717, 1.165) is 6.54 Å². The van der Waals surface area contributed by atoms with Gasteiger partial charge in [0.25, 0.3) is 0 Å². The average molecular weight is 138 g/mol. The molecule has 0 saturated carbocycles. The van der Waals surface area contributed by atoms with Crippen molar-refractivity contribution in [3.63, 3.8) is 0 Å². The number of rotatable bonds is 3. The minimum absolute atomic E-state index is 0.161. The average Bonchev–Trinajstić information content (AvgIpc) is 2.03. The second kappa shape index (κ2) is 4.15. The van der Waals surface area contributed by atoms with Gasteiger partial charge in [0.05, 0.1) is 1.37 Å². The maximum absolute atomic E-state index is 7.60. The third kappa shape index (κ3) is 2.26. The van der Waals surface area contributed by atoms with E-state index in [0.29, 0.717) is 0 Å². The van der Waals surface area contributed by atoms with Crippen LogP contribution in [0.4, 0.5) is 0 Å². The van der Waals surface area contributed by atoms with E-state index in [1.807, 2.05) is 29.3 Å². The summed E-state index contributed by atoms with van der Waals surface area (Å²) < 4.78 is 7.60. The molecule has 0 radical (unpaired) electrons. The van der Waals surface area contributed by atoms with Crippen LogP contribution in [0.3, 0.4) is 0 Å². The third-order valence-electron chi connectivity index (χ3n) is 1.55. The predicted molar refractivity (Wildman–Crippen MR) is 44.8 cm³/mol. The fourth-order valence-corrected chi connectivity index (χ4v) is 0.924. The molecule has 0 aromatic rings. The van der Waals surface area contributed by atoms with Gasteiger partial charge in [0.2, 0.25) is 0 Å². The first kappa shape index (κ1) is 6.02. The first-order valence-electron chi connectivity index (χ1n) is 4.45. The van der Waals surface area contributed by atoms with Gasteiger partial charge < -0.3 is 4.90 Å². The molecule has 1 unspecified atom stereocenters. The molecular formula is C9H15N. The third-order valence-corrected chi connectivity index (χ3v) is 1.55. The molecule has 1 aliphatic heterocycles. The van der Waals surface area contributed by atoms with Crippen LogP contribution in [0.2, 0.25) is 0 Å². The Morgan fingerprint density at radius 2 is 2.50 bits per heavy atom. The molecule has 56 valence electrons. The van der Waals surface area contributed by atoms with Gasteiger partial charge in [0.1, 0.15) is 0 Å². The molecule has 1 rings (SSSR count). The van der Waals surface area contributed by atoms with Gasteiger partial charge in [-0.25, -0.2) is 0 Å². The zero-order chi connectivity index (χ0) is 8.10. The quantitative estimate of drug-likeness (QED) is 0.577. The fraction of sp³-hybridized carbons (Fsp3) is 0.556. The van der Waals surface area contributed by atoms with Crippen LogP contribution in [0.25, 0.3) is 0 Å². The van der Waals surface area contributed by atoms with Crippen LogP contribution in [0.5, 0.6) is 0 Å². The lowest BCUT2D eigenvalue weighted by Crippen LogP contribution is -2.19. The van der Waals surface area contributed by atoms with Crippen LogP contribution in [0.15, 0.2) is 24.4 Å². The molecule has 0 spiro atoms. The van der Waals surface area contributed by atoms with Crippen LogP contribution in [-0.4, -0.2) is 18.0 Å². The van der Waals surface area contributed by atoms with Crippen molar-refractivity contribution in [2.75, 3.05) is 13.1 Å². The van der Waals surface area contributed by atoms with Gasteiger partial charge in [-0.05, 0) is 18.7 Å². The zero-order valence-electron chi connectivity index (χ0n) is 7.46. The van der Waals surface area contributed by atoms with E-state index >= 15 is 0 Å². The van der Waals surface area contributed by atoms with Crippen LogP contribution >= 0.6 is 0 Å². The molecule has 0 aliphatic carbocycles. The van der Waals surface area contributed by atoms with Crippen LogP contribution in [-0.2, 0) is 0 Å². The summed E-state index contributed by atoms with van der Waals surface area (Å²) in [5.74, 6) is 0. The Morgan fingerprint density at radius 1 is 1.60 bits per heavy atom. The minimum atomic E-state index is -0.161. The summed E-state index contributed by atoms with van der Waals surface area (Å²) >= 11 is 0. The highest BCUT2D eigenvalue weighted by atomic mass is 15.1. The van der Waals surface area contributed by atoms with Gasteiger partial charge in [-0.2, -0.15) is 0 Å². The summed E-state index contributed by atoms with van der Waals surface area (Å²) in [6.45, 7) is 3.01. The Hall–Kier alpha value is -0.720. The van der Waals surface area contributed by atoms with E-state index < -0.39 is 0 Å². The summed E-state index contributed by atoms with van der Waals surface area (Å²) in [6.07, 6.45) is 10.2. The van der Waals surface area contributed by atoms with Crippen LogP contribution < -0.4 is 0 Å². The molecule has 1 nitrogen and oxygen atoms in total. The molecule has 10 heavy (non-hydrogen) atoms. The largest absolute Gasteiger partial charge is 0.374 e. The molecule has 0 aromatic carbocycles. The molecule has 1 atom stereocenters. The molecule has 0 bridgehead atoms. The highest BCUT2D eigenvalue weighted by Gasteiger charge is 1.96. The van der Waals surface area contributed by atoms with Gasteiger partial charge in [-0.15, -0.1) is 0 Å². The standard InChI is InChI=1S/C9H15N/c1-2-3-7-10-8-5-4-6-9-10/h4-6,8H,2-3,7,9H2,1H3/i9D. The molecule has 0 N–H and O–H groups in total. The van der Waals surface area contributed by atoms with Crippen molar-refractivity contribution in [2.45, 2.75) is 19.8 Å². The highest BCUT2D eigenvalue weighted by Crippen LogP contribution is 2.00. The van der Waals surface area contributed by atoms with Crippen LogP contribution in [0, 0.1) is 0 Å². The first-order chi connectivity index (χ1) is 5.34. The Morgan fingerprint density at radius 3 is 3.20 bits per heavy atom. The summed E-state index contributed by atoms with van der Waals surface area (Å²) in [5, 5.41) is 0. The fourth-order valence-electron chi connectivity index (χ4n) is 0.924. The monoisotopic (exact) mass is 138 g/mol. The van der Waals surface area contributed by atoms with Gasteiger partial charge >= 0.3 is 0 Å². The van der Waals surface area contributed by atoms with E-state index in [1.54, 1.807) is 0 Å². The van der Waals surface area contributed by atoms with Gasteiger partial charge in [-0.3, -0.25) is 0 Å². The summed E-state index contributed by atoms with van der Waals surface area (Å²) in [7, 11) is 0. The van der Waals surface area contributed by atoms with Crippen molar-refractivity contribution in [3.05, 3.63) is 24.4 Å². The first-order valence-corrected chi connectivity index (χ1v) is 3.87. The number of unbranched alkanes of at least 4 members (excludes halogenated alkanes) is 1. The van der Waals surface area contributed by atoms with Gasteiger partial charge in [0.15, 0.2) is 0 Å². The Labute approximate surface area is 64.4 Å². The Kier molecular flexibility index (Phi) is 2.50. The Bertz CT molecular complexity index is 163. The lowest BCUT2D eigenvalue weighted by molar-refractivity contribution is 0.401. The number of allylic oxidation sites excluding steroid dienone is 2. The van der Waals surface area contributed by atoms with Crippen LogP contribution in [0.1, 0.15) is 21.1 Å². The van der Waals surface area contributed by atoms with Crippen molar-refractivity contribution < 1.29 is 1.37 Å². The molecule has 0 saturated heterocycles. The van der Waals surface area contributed by atoms with Crippen molar-refractivity contribution in [3.8, 4) is 0 Å². The maximum atomic E-state index is 7.60. The lowest BCUT2D eigenvalue weighted by atomic mass is 10.3. The highest BCUT2D eigenvalue weighted by molar-refractivity contribution is 5.08. The summed E-state index contributed by atoms with van der Waals surface area (Å²) in [6, 6.07) is 0. The van der Waals surface area contributed by atoms with Crippen molar-refractivity contribution in [1.29, 1.82) is 0 Å². The molecule has 1 heterocycles. The normalized spacial score (nSPS) is 25.1. The second-order valence-electron chi connectivity index (χ2n) is 2.47. The molecule has 0 aromatic heterocycles. The zero-order valence-corrected chi connectivity index (χ0v) is 6.46. The number of hydrogen-bond acceptors (Lipinski definition) is 1. The minimum Gasteiger partial charge on any atom is -0.374 e. The Balaban J connectivity index is 2.33.